The molecule has 1 N–H and O–H groups in total. The molecule has 0 aliphatic heterocycles. The number of hydrogen-bond acceptors (Lipinski definition) is 4. The molecule has 19 heavy (non-hydrogen) atoms. The molecule has 0 amide bonds. The van der Waals surface area contributed by atoms with Gasteiger partial charge in [-0.3, -0.25) is 0 Å². The quantitative estimate of drug-likeness (QED) is 0.632. The number of aromatic nitrogens is 2. The van der Waals surface area contributed by atoms with Gasteiger partial charge in [-0.2, -0.15) is 4.98 Å². The highest BCUT2D eigenvalue weighted by Gasteiger charge is 2.19. The Balaban J connectivity index is 1.77. The molecule has 1 saturated carbocycles. The first kappa shape index (κ1) is 14.5. The van der Waals surface area contributed by atoms with Gasteiger partial charge in [-0.05, 0) is 25.8 Å². The van der Waals surface area contributed by atoms with Gasteiger partial charge in [0.15, 0.2) is 5.82 Å². The Morgan fingerprint density at radius 3 is 2.63 bits per heavy atom. The number of nitrogens with zero attached hydrogens (tertiary/aromatic N) is 2. The van der Waals surface area contributed by atoms with Crippen molar-refractivity contribution in [2.24, 2.45) is 0 Å². The van der Waals surface area contributed by atoms with Crippen LogP contribution in [0, 0.1) is 0 Å². The Morgan fingerprint density at radius 2 is 1.95 bits per heavy atom. The standard InChI is InChI=1S/C15H27N3O/c1-12(2)16-11-7-10-14-17-15(18-19-14)13-8-5-3-4-6-9-13/h12-13,16H,3-11H2,1-2H3. The summed E-state index contributed by atoms with van der Waals surface area (Å²) in [5.74, 6) is 2.30. The first-order valence-electron chi connectivity index (χ1n) is 7.81. The van der Waals surface area contributed by atoms with E-state index in [2.05, 4.69) is 29.3 Å². The molecule has 0 aromatic carbocycles. The molecular weight excluding hydrogens is 238 g/mol. The monoisotopic (exact) mass is 265 g/mol. The second kappa shape index (κ2) is 7.63. The van der Waals surface area contributed by atoms with E-state index in [4.69, 9.17) is 4.52 Å². The fourth-order valence-corrected chi connectivity index (χ4v) is 2.70. The molecule has 2 rings (SSSR count). The average molecular weight is 265 g/mol. The Kier molecular flexibility index (Phi) is 5.83. The maximum Gasteiger partial charge on any atom is 0.226 e. The molecule has 1 aliphatic carbocycles. The van der Waals surface area contributed by atoms with E-state index < -0.39 is 0 Å². The number of aryl methyl sites for hydroxylation is 1. The Morgan fingerprint density at radius 1 is 1.21 bits per heavy atom. The van der Waals surface area contributed by atoms with Crippen LogP contribution in [0.25, 0.3) is 0 Å². The smallest absolute Gasteiger partial charge is 0.226 e. The zero-order chi connectivity index (χ0) is 13.5. The van der Waals surface area contributed by atoms with E-state index in [-0.39, 0.29) is 0 Å². The molecule has 4 heteroatoms. The van der Waals surface area contributed by atoms with E-state index in [1.54, 1.807) is 0 Å². The van der Waals surface area contributed by atoms with E-state index in [0.29, 0.717) is 12.0 Å². The van der Waals surface area contributed by atoms with Gasteiger partial charge in [0.05, 0.1) is 0 Å². The van der Waals surface area contributed by atoms with Gasteiger partial charge in [0.25, 0.3) is 0 Å². The second-order valence-electron chi connectivity index (χ2n) is 5.95. The van der Waals surface area contributed by atoms with Gasteiger partial charge in [0, 0.05) is 18.4 Å². The molecule has 108 valence electrons. The number of rotatable bonds is 6. The van der Waals surface area contributed by atoms with Crippen molar-refractivity contribution in [1.82, 2.24) is 15.5 Å². The minimum Gasteiger partial charge on any atom is -0.339 e. The summed E-state index contributed by atoms with van der Waals surface area (Å²) in [6, 6.07) is 0.546. The normalized spacial score (nSPS) is 17.8. The third kappa shape index (κ3) is 4.94. The molecule has 1 heterocycles. The first-order chi connectivity index (χ1) is 9.25. The molecule has 1 aliphatic rings. The lowest BCUT2D eigenvalue weighted by Gasteiger charge is -2.07. The SMILES string of the molecule is CC(C)NCCCc1nc(C2CCCCCC2)no1. The van der Waals surface area contributed by atoms with Crippen LogP contribution < -0.4 is 5.32 Å². The van der Waals surface area contributed by atoms with Gasteiger partial charge in [-0.1, -0.05) is 44.7 Å². The van der Waals surface area contributed by atoms with Crippen molar-refractivity contribution in [2.75, 3.05) is 6.54 Å². The van der Waals surface area contributed by atoms with Crippen LogP contribution in [-0.4, -0.2) is 22.7 Å². The molecule has 0 atom stereocenters. The van der Waals surface area contributed by atoms with Crippen molar-refractivity contribution in [3.8, 4) is 0 Å². The van der Waals surface area contributed by atoms with Crippen molar-refractivity contribution < 1.29 is 4.52 Å². The molecular formula is C15H27N3O. The summed E-state index contributed by atoms with van der Waals surface area (Å²) in [6.07, 6.45) is 9.76. The van der Waals surface area contributed by atoms with Crippen LogP contribution in [0.15, 0.2) is 4.52 Å². The summed E-state index contributed by atoms with van der Waals surface area (Å²) in [7, 11) is 0. The van der Waals surface area contributed by atoms with Crippen LogP contribution in [0.3, 0.4) is 0 Å². The molecule has 0 saturated heterocycles. The number of hydrogen-bond donors (Lipinski definition) is 1. The summed E-state index contributed by atoms with van der Waals surface area (Å²) in [5.41, 5.74) is 0. The van der Waals surface area contributed by atoms with Crippen LogP contribution in [0.4, 0.5) is 0 Å². The molecule has 1 aromatic rings. The highest BCUT2D eigenvalue weighted by molar-refractivity contribution is 4.96. The summed E-state index contributed by atoms with van der Waals surface area (Å²) in [4.78, 5) is 4.59. The van der Waals surface area contributed by atoms with Crippen LogP contribution in [0.1, 0.15) is 76.4 Å². The minimum atomic E-state index is 0.536. The molecule has 1 fully saturated rings. The maximum atomic E-state index is 5.38. The van der Waals surface area contributed by atoms with Crippen LogP contribution >= 0.6 is 0 Å². The predicted molar refractivity (Wildman–Crippen MR) is 76.2 cm³/mol. The van der Waals surface area contributed by atoms with E-state index in [1.165, 1.54) is 38.5 Å². The van der Waals surface area contributed by atoms with Crippen LogP contribution in [0.2, 0.25) is 0 Å². The molecule has 0 unspecified atom stereocenters. The third-order valence-corrected chi connectivity index (χ3v) is 3.82. The van der Waals surface area contributed by atoms with E-state index in [1.807, 2.05) is 0 Å². The van der Waals surface area contributed by atoms with Crippen molar-refractivity contribution >= 4 is 0 Å². The Labute approximate surface area is 116 Å². The van der Waals surface area contributed by atoms with Crippen LogP contribution in [-0.2, 0) is 6.42 Å². The number of nitrogens with one attached hydrogen (secondary N) is 1. The van der Waals surface area contributed by atoms with E-state index >= 15 is 0 Å². The fourth-order valence-electron chi connectivity index (χ4n) is 2.70. The summed E-state index contributed by atoms with van der Waals surface area (Å²) in [6.45, 7) is 5.34. The van der Waals surface area contributed by atoms with E-state index in [0.717, 1.165) is 31.1 Å². The zero-order valence-corrected chi connectivity index (χ0v) is 12.3. The molecule has 0 radical (unpaired) electrons. The van der Waals surface area contributed by atoms with Gasteiger partial charge in [0.2, 0.25) is 5.89 Å². The summed E-state index contributed by atoms with van der Waals surface area (Å²) in [5, 5.41) is 7.59. The molecule has 1 aromatic heterocycles. The first-order valence-corrected chi connectivity index (χ1v) is 7.81. The Bertz CT molecular complexity index is 354. The van der Waals surface area contributed by atoms with Gasteiger partial charge in [0.1, 0.15) is 0 Å². The van der Waals surface area contributed by atoms with Crippen molar-refractivity contribution in [3.63, 3.8) is 0 Å². The average Bonchev–Trinajstić information content (AvgIpc) is 2.68. The van der Waals surface area contributed by atoms with Crippen LogP contribution in [0.5, 0.6) is 0 Å². The van der Waals surface area contributed by atoms with E-state index in [9.17, 15) is 0 Å². The highest BCUT2D eigenvalue weighted by Crippen LogP contribution is 2.29. The second-order valence-corrected chi connectivity index (χ2v) is 5.95. The van der Waals surface area contributed by atoms with Gasteiger partial charge < -0.3 is 9.84 Å². The predicted octanol–water partition coefficient (Wildman–Crippen LogP) is 3.44. The molecule has 0 bridgehead atoms. The highest BCUT2D eigenvalue weighted by atomic mass is 16.5. The minimum absolute atomic E-state index is 0.536. The largest absolute Gasteiger partial charge is 0.339 e. The lowest BCUT2D eigenvalue weighted by Crippen LogP contribution is -2.23. The summed E-state index contributed by atoms with van der Waals surface area (Å²) < 4.78 is 5.38. The lowest BCUT2D eigenvalue weighted by molar-refractivity contribution is 0.363. The van der Waals surface area contributed by atoms with Gasteiger partial charge >= 0.3 is 0 Å². The van der Waals surface area contributed by atoms with Crippen molar-refractivity contribution in [3.05, 3.63) is 11.7 Å². The lowest BCUT2D eigenvalue weighted by atomic mass is 10.00. The van der Waals surface area contributed by atoms with Gasteiger partial charge in [-0.15, -0.1) is 0 Å². The third-order valence-electron chi connectivity index (χ3n) is 3.82. The van der Waals surface area contributed by atoms with Crippen molar-refractivity contribution in [1.29, 1.82) is 0 Å². The zero-order valence-electron chi connectivity index (χ0n) is 12.3. The fraction of sp³-hybridized carbons (Fsp3) is 0.867. The van der Waals surface area contributed by atoms with Crippen molar-refractivity contribution in [2.45, 2.75) is 77.2 Å². The topological polar surface area (TPSA) is 51.0 Å². The maximum absolute atomic E-state index is 5.38. The Hall–Kier alpha value is -0.900. The molecule has 4 nitrogen and oxygen atoms in total. The van der Waals surface area contributed by atoms with Gasteiger partial charge in [-0.25, -0.2) is 0 Å². The summed E-state index contributed by atoms with van der Waals surface area (Å²) >= 11 is 0. The molecule has 0 spiro atoms.